The molecule has 4 rings (SSSR count). The third-order valence-electron chi connectivity index (χ3n) is 4.37. The Morgan fingerprint density at radius 1 is 1.19 bits per heavy atom. The summed E-state index contributed by atoms with van der Waals surface area (Å²) < 4.78 is 2.98. The summed E-state index contributed by atoms with van der Waals surface area (Å²) in [6.07, 6.45) is 4.75. The molecule has 1 aliphatic rings. The lowest BCUT2D eigenvalue weighted by Crippen LogP contribution is -2.19. The van der Waals surface area contributed by atoms with Crippen molar-refractivity contribution in [1.29, 1.82) is 0 Å². The number of aromatic nitrogens is 2. The van der Waals surface area contributed by atoms with Gasteiger partial charge in [-0.15, -0.1) is 0 Å². The number of hydrogen-bond acceptors (Lipinski definition) is 4. The van der Waals surface area contributed by atoms with Gasteiger partial charge in [-0.3, -0.25) is 14.2 Å². The van der Waals surface area contributed by atoms with Crippen molar-refractivity contribution in [2.45, 2.75) is 18.0 Å². The molecular formula is C20H16BrN3O2S. The number of amides is 1. The van der Waals surface area contributed by atoms with Gasteiger partial charge in [0, 0.05) is 40.2 Å². The molecule has 7 heteroatoms. The van der Waals surface area contributed by atoms with Crippen LogP contribution in [0, 0.1) is 0 Å². The molecule has 27 heavy (non-hydrogen) atoms. The Kier molecular flexibility index (Phi) is 5.13. The molecule has 0 radical (unpaired) electrons. The fourth-order valence-corrected chi connectivity index (χ4v) is 4.10. The minimum atomic E-state index is 0.0249. The van der Waals surface area contributed by atoms with Crippen molar-refractivity contribution in [3.05, 3.63) is 70.5 Å². The van der Waals surface area contributed by atoms with Gasteiger partial charge in [0.2, 0.25) is 5.91 Å². The van der Waals surface area contributed by atoms with Crippen LogP contribution in [0.4, 0.5) is 5.69 Å². The van der Waals surface area contributed by atoms with E-state index in [2.05, 4.69) is 26.2 Å². The van der Waals surface area contributed by atoms with Crippen LogP contribution in [0.1, 0.15) is 22.3 Å². The highest BCUT2D eigenvalue weighted by Gasteiger charge is 2.17. The Bertz CT molecular complexity index is 1010. The van der Waals surface area contributed by atoms with Gasteiger partial charge in [-0.1, -0.05) is 27.7 Å². The number of benzene rings is 2. The molecule has 0 unspecified atom stereocenters. The summed E-state index contributed by atoms with van der Waals surface area (Å²) in [4.78, 5) is 28.5. The van der Waals surface area contributed by atoms with E-state index in [9.17, 15) is 9.59 Å². The molecule has 2 aromatic carbocycles. The summed E-state index contributed by atoms with van der Waals surface area (Å²) in [5.74, 6) is 0.376. The third kappa shape index (κ3) is 3.99. The van der Waals surface area contributed by atoms with E-state index >= 15 is 0 Å². The van der Waals surface area contributed by atoms with Crippen molar-refractivity contribution in [2.75, 3.05) is 11.1 Å². The lowest BCUT2D eigenvalue weighted by molar-refractivity contribution is -0.116. The number of Topliss-reactive ketones (excluding diaryl/α,β-unsaturated/α-hetero) is 1. The highest BCUT2D eigenvalue weighted by molar-refractivity contribution is 9.10. The van der Waals surface area contributed by atoms with Crippen molar-refractivity contribution in [3.63, 3.8) is 0 Å². The minimum absolute atomic E-state index is 0.0249. The van der Waals surface area contributed by atoms with Crippen molar-refractivity contribution < 1.29 is 9.59 Å². The molecule has 1 aliphatic heterocycles. The number of carbonyl (C=O) groups is 2. The van der Waals surface area contributed by atoms with Crippen LogP contribution >= 0.6 is 27.7 Å². The molecule has 1 aromatic heterocycles. The maximum atomic E-state index is 12.6. The summed E-state index contributed by atoms with van der Waals surface area (Å²) in [5.41, 5.74) is 3.48. The molecule has 0 fully saturated rings. The molecule has 0 saturated carbocycles. The average molecular weight is 442 g/mol. The van der Waals surface area contributed by atoms with E-state index < -0.39 is 0 Å². The molecule has 0 saturated heterocycles. The Morgan fingerprint density at radius 2 is 2.00 bits per heavy atom. The SMILES string of the molecule is O=C1CCc2cc(C(=O)CSc3nccn3-c3ccc(Br)cc3)ccc2N1. The number of rotatable bonds is 5. The number of fused-ring (bicyclic) bond motifs is 1. The lowest BCUT2D eigenvalue weighted by atomic mass is 9.99. The van der Waals surface area contributed by atoms with E-state index in [1.165, 1.54) is 11.8 Å². The van der Waals surface area contributed by atoms with E-state index in [4.69, 9.17) is 0 Å². The van der Waals surface area contributed by atoms with E-state index in [0.29, 0.717) is 24.2 Å². The van der Waals surface area contributed by atoms with Crippen LogP contribution in [0.3, 0.4) is 0 Å². The van der Waals surface area contributed by atoms with Crippen LogP contribution < -0.4 is 5.32 Å². The molecule has 0 bridgehead atoms. The number of ketones is 1. The molecule has 0 aliphatic carbocycles. The van der Waals surface area contributed by atoms with Gasteiger partial charge in [0.1, 0.15) is 0 Å². The number of carbonyl (C=O) groups excluding carboxylic acids is 2. The average Bonchev–Trinajstić information content (AvgIpc) is 3.15. The van der Waals surface area contributed by atoms with Gasteiger partial charge in [0.15, 0.2) is 10.9 Å². The number of aryl methyl sites for hydroxylation is 1. The third-order valence-corrected chi connectivity index (χ3v) is 5.86. The monoisotopic (exact) mass is 441 g/mol. The van der Waals surface area contributed by atoms with Crippen LogP contribution in [0.2, 0.25) is 0 Å². The molecule has 5 nitrogen and oxygen atoms in total. The quantitative estimate of drug-likeness (QED) is 0.467. The maximum absolute atomic E-state index is 12.6. The second-order valence-corrected chi connectivity index (χ2v) is 8.05. The fourth-order valence-electron chi connectivity index (χ4n) is 2.97. The minimum Gasteiger partial charge on any atom is -0.326 e. The topological polar surface area (TPSA) is 64.0 Å². The Morgan fingerprint density at radius 3 is 2.81 bits per heavy atom. The number of thioether (sulfide) groups is 1. The predicted octanol–water partition coefficient (Wildman–Crippen LogP) is 4.49. The number of imidazole rings is 1. The van der Waals surface area contributed by atoms with Crippen LogP contribution in [0.15, 0.2) is 64.5 Å². The van der Waals surface area contributed by atoms with Crippen molar-refractivity contribution in [3.8, 4) is 5.69 Å². The second kappa shape index (κ2) is 7.70. The van der Waals surface area contributed by atoms with Crippen molar-refractivity contribution >= 4 is 45.1 Å². The fraction of sp³-hybridized carbons (Fsp3) is 0.150. The van der Waals surface area contributed by atoms with Gasteiger partial charge in [0.05, 0.1) is 5.75 Å². The van der Waals surface area contributed by atoms with Gasteiger partial charge in [-0.05, 0) is 54.4 Å². The zero-order valence-corrected chi connectivity index (χ0v) is 16.7. The van der Waals surface area contributed by atoms with Gasteiger partial charge < -0.3 is 5.32 Å². The van der Waals surface area contributed by atoms with E-state index in [1.807, 2.05) is 47.2 Å². The summed E-state index contributed by atoms with van der Waals surface area (Å²) in [6.45, 7) is 0. The first kappa shape index (κ1) is 18.0. The van der Waals surface area contributed by atoms with E-state index in [-0.39, 0.29) is 11.7 Å². The summed E-state index contributed by atoms with van der Waals surface area (Å²) >= 11 is 4.85. The van der Waals surface area contributed by atoms with Crippen molar-refractivity contribution in [2.24, 2.45) is 0 Å². The largest absolute Gasteiger partial charge is 0.326 e. The Balaban J connectivity index is 1.47. The van der Waals surface area contributed by atoms with Gasteiger partial charge in [-0.2, -0.15) is 0 Å². The van der Waals surface area contributed by atoms with Gasteiger partial charge >= 0.3 is 0 Å². The Labute approximate surface area is 169 Å². The summed E-state index contributed by atoms with van der Waals surface area (Å²) in [5, 5.41) is 3.61. The maximum Gasteiger partial charge on any atom is 0.224 e. The first-order valence-corrected chi connectivity index (χ1v) is 10.3. The van der Waals surface area contributed by atoms with Crippen molar-refractivity contribution in [1.82, 2.24) is 9.55 Å². The Hall–Kier alpha value is -2.38. The first-order valence-electron chi connectivity index (χ1n) is 8.48. The zero-order valence-electron chi connectivity index (χ0n) is 14.3. The van der Waals surface area contributed by atoms with Crippen LogP contribution in [0.25, 0.3) is 5.69 Å². The first-order chi connectivity index (χ1) is 13.1. The molecule has 1 amide bonds. The number of nitrogens with one attached hydrogen (secondary N) is 1. The van der Waals surface area contributed by atoms with Crippen LogP contribution in [-0.2, 0) is 11.2 Å². The van der Waals surface area contributed by atoms with E-state index in [1.54, 1.807) is 12.3 Å². The molecule has 0 spiro atoms. The normalized spacial score (nSPS) is 13.1. The standard InChI is InChI=1S/C20H16BrN3O2S/c21-15-3-5-16(6-4-15)24-10-9-22-20(24)27-12-18(25)14-1-7-17-13(11-14)2-8-19(26)23-17/h1,3-7,9-11H,2,8,12H2,(H,23,26). The number of nitrogens with zero attached hydrogens (tertiary/aromatic N) is 2. The van der Waals surface area contributed by atoms with Crippen LogP contribution in [0.5, 0.6) is 0 Å². The molecule has 136 valence electrons. The molecule has 3 aromatic rings. The molecule has 1 N–H and O–H groups in total. The smallest absolute Gasteiger partial charge is 0.224 e. The van der Waals surface area contributed by atoms with Crippen LogP contribution in [-0.4, -0.2) is 27.0 Å². The number of halogens is 1. The second-order valence-electron chi connectivity index (χ2n) is 6.19. The van der Waals surface area contributed by atoms with Gasteiger partial charge in [-0.25, -0.2) is 4.98 Å². The molecule has 2 heterocycles. The summed E-state index contributed by atoms with van der Waals surface area (Å²) in [7, 11) is 0. The molecular weight excluding hydrogens is 426 g/mol. The highest BCUT2D eigenvalue weighted by atomic mass is 79.9. The van der Waals surface area contributed by atoms with E-state index in [0.717, 1.165) is 26.6 Å². The summed E-state index contributed by atoms with van der Waals surface area (Å²) in [6, 6.07) is 13.4. The molecule has 0 atom stereocenters. The number of hydrogen-bond donors (Lipinski definition) is 1. The predicted molar refractivity (Wildman–Crippen MR) is 110 cm³/mol. The highest BCUT2D eigenvalue weighted by Crippen LogP contribution is 2.26. The zero-order chi connectivity index (χ0) is 18.8. The lowest BCUT2D eigenvalue weighted by Gasteiger charge is -2.17. The van der Waals surface area contributed by atoms with Gasteiger partial charge in [0.25, 0.3) is 0 Å². The number of anilines is 1.